The third kappa shape index (κ3) is 24.8. The summed E-state index contributed by atoms with van der Waals surface area (Å²) in [5.74, 6) is -9.92. The van der Waals surface area contributed by atoms with Gasteiger partial charge in [0.1, 0.15) is 54.4 Å². The largest absolute Gasteiger partial charge is 0.411 e. The van der Waals surface area contributed by atoms with E-state index in [1.165, 1.54) is 104 Å². The first-order chi connectivity index (χ1) is 43.9. The van der Waals surface area contributed by atoms with Crippen molar-refractivity contribution in [3.8, 4) is 0 Å². The highest BCUT2D eigenvalue weighted by molar-refractivity contribution is 7.79. The molecule has 1 aliphatic heterocycles. The molecule has 554 valence electrons. The predicted molar refractivity (Wildman–Crippen MR) is 380 cm³/mol. The molecule has 1 rings (SSSR count). The molecule has 0 radical (unpaired) electrons. The number of amides is 10. The van der Waals surface area contributed by atoms with E-state index in [-0.39, 0.29) is 68.8 Å². The molecule has 1 unspecified atom stereocenters. The summed E-state index contributed by atoms with van der Waals surface area (Å²) < 4.78 is 24.8. The lowest BCUT2D eigenvalue weighted by Gasteiger charge is -2.46. The lowest BCUT2D eigenvalue weighted by atomic mass is 9.90. The quantitative estimate of drug-likeness (QED) is 0.0826. The molecule has 0 spiro atoms. The summed E-state index contributed by atoms with van der Waals surface area (Å²) in [6.45, 7) is 40.6. The number of carbonyl (C=O) groups excluding carboxylic acids is 11. The zero-order chi connectivity index (χ0) is 74.8. The second-order valence-electron chi connectivity index (χ2n) is 31.2. The maximum atomic E-state index is 15.9. The molecule has 24 nitrogen and oxygen atoms in total. The fourth-order valence-corrected chi connectivity index (χ4v) is 13.8. The number of nitrogens with zero attached hydrogens (tertiary/aromatic N) is 7. The van der Waals surface area contributed by atoms with E-state index >= 15 is 24.0 Å². The second kappa shape index (κ2) is 38.9. The van der Waals surface area contributed by atoms with E-state index in [4.69, 9.17) is 8.61 Å². The van der Waals surface area contributed by atoms with E-state index in [9.17, 15) is 33.0 Å². The van der Waals surface area contributed by atoms with E-state index < -0.39 is 179 Å². The molecule has 14 atom stereocenters. The van der Waals surface area contributed by atoms with Crippen LogP contribution in [0, 0.1) is 47.3 Å². The highest BCUT2D eigenvalue weighted by Crippen LogP contribution is 2.40. The third-order valence-electron chi connectivity index (χ3n) is 19.4. The van der Waals surface area contributed by atoms with E-state index in [1.54, 1.807) is 41.5 Å². The number of Topliss-reactive ketones (excluding diaryl/α,β-unsaturated/α-hetero) is 1. The SMILES string of the molecule is CC[C@H]1NC(=O)[C@@H]([C@H](O[Si](C)(C)C(C)(C)C)[C@H](C)CCCOS(C)=O)N(C)C(=O)[C@@H](C(C)C)N(C)C(=O)[C@@H](CC(C)C)N(C)C(=O)[C@@H](CC(C)C)N(C)C(=O)[C@H](C)CC(=O)[C@@H](C)NC(=O)[C@@H](CC(C)C)N(C)C(=O)[C@@H](C(C)C)NC(=O)[C@H](CC(C)C)N(C)C(=O)[C@@H](C)N(C)C1=O. The Labute approximate surface area is 581 Å². The van der Waals surface area contributed by atoms with Crippen molar-refractivity contribution < 1.29 is 65.6 Å². The van der Waals surface area contributed by atoms with E-state index in [1.807, 2.05) is 96.2 Å². The molecule has 96 heavy (non-hydrogen) atoms. The van der Waals surface area contributed by atoms with Gasteiger partial charge in [0.05, 0.1) is 18.8 Å². The van der Waals surface area contributed by atoms with E-state index in [2.05, 4.69) is 16.0 Å². The number of hydrogen-bond acceptors (Lipinski definition) is 14. The molecule has 26 heteroatoms. The fourth-order valence-electron chi connectivity index (χ4n) is 12.1. The Morgan fingerprint density at radius 3 is 1.35 bits per heavy atom. The van der Waals surface area contributed by atoms with Crippen LogP contribution in [0.3, 0.4) is 0 Å². The first-order valence-electron chi connectivity index (χ1n) is 34.9. The van der Waals surface area contributed by atoms with Crippen LogP contribution in [-0.4, -0.2) is 240 Å². The first-order valence-corrected chi connectivity index (χ1v) is 39.3. The van der Waals surface area contributed by atoms with Crippen LogP contribution in [0.5, 0.6) is 0 Å². The number of nitrogens with one attached hydrogen (secondary N) is 3. The monoisotopic (exact) mass is 1390 g/mol. The molecular formula is C70H130N10O14SSi. The van der Waals surface area contributed by atoms with Crippen LogP contribution < -0.4 is 16.0 Å². The molecular weight excluding hydrogens is 1260 g/mol. The van der Waals surface area contributed by atoms with Gasteiger partial charge < -0.3 is 54.7 Å². The van der Waals surface area contributed by atoms with Gasteiger partial charge in [-0.3, -0.25) is 56.9 Å². The second-order valence-corrected chi connectivity index (χ2v) is 37.0. The van der Waals surface area contributed by atoms with Crippen molar-refractivity contribution in [1.82, 2.24) is 50.2 Å². The van der Waals surface area contributed by atoms with Gasteiger partial charge in [-0.15, -0.1) is 0 Å². The molecule has 0 saturated carbocycles. The average molecular weight is 1400 g/mol. The Balaban J connectivity index is 4.64. The van der Waals surface area contributed by atoms with Gasteiger partial charge in [0.15, 0.2) is 25.2 Å². The lowest BCUT2D eigenvalue weighted by molar-refractivity contribution is -0.157. The van der Waals surface area contributed by atoms with Gasteiger partial charge in [-0.25, -0.2) is 4.21 Å². The minimum absolute atomic E-state index is 0.0233. The van der Waals surface area contributed by atoms with Crippen molar-refractivity contribution in [3.05, 3.63) is 0 Å². The molecule has 1 heterocycles. The Hall–Kier alpha value is -5.34. The topological polar surface area (TPSA) is 282 Å². The Morgan fingerprint density at radius 1 is 0.510 bits per heavy atom. The molecule has 10 amide bonds. The van der Waals surface area contributed by atoms with Gasteiger partial charge in [-0.05, 0) is 118 Å². The number of hydrogen-bond donors (Lipinski definition) is 3. The molecule has 0 aliphatic carbocycles. The van der Waals surface area contributed by atoms with Crippen molar-refractivity contribution in [3.63, 3.8) is 0 Å². The van der Waals surface area contributed by atoms with Crippen molar-refractivity contribution >= 4 is 84.3 Å². The summed E-state index contributed by atoms with van der Waals surface area (Å²) in [5.41, 5.74) is 0. The third-order valence-corrected chi connectivity index (χ3v) is 24.3. The van der Waals surface area contributed by atoms with E-state index in [0.717, 1.165) is 0 Å². The van der Waals surface area contributed by atoms with Gasteiger partial charge in [0, 0.05) is 67.9 Å². The van der Waals surface area contributed by atoms with Gasteiger partial charge in [-0.1, -0.05) is 125 Å². The highest BCUT2D eigenvalue weighted by atomic mass is 32.2. The van der Waals surface area contributed by atoms with E-state index in [0.29, 0.717) is 12.8 Å². The normalized spacial score (nSPS) is 26.7. The minimum atomic E-state index is -2.89. The predicted octanol–water partition coefficient (Wildman–Crippen LogP) is 6.90. The standard InChI is InChI=1S/C70H130N10O14SSi/c1-31-50-65(87)74(21)49(17)64(86)75(22)52(36-41(4)5)61(83)73-56(44(10)11)68(90)76(23)51(35-40(2)3)60(82)71-48(16)55(81)39-47(15)63(85)77(24)53(37-42(6)7)66(88)78(25)54(38-43(8)9)67(89)79(26)57(45(12)13)69(91)80(27)58(62(84)72-50)59(94-96(29,30)70(18,19)20)46(14)33-32-34-93-95(28)92/h40-54,56-59H,31-39H2,1-30H3,(H,71,82)(H,72,84)(H,73,83)/t46-,47-,48-,49-,50-,51-,52+,53-,54-,56-,57-,58-,59-,95?/m1/s1. The number of carbonyl (C=O) groups is 11. The molecule has 1 aliphatic rings. The summed E-state index contributed by atoms with van der Waals surface area (Å²) in [5, 5.41) is 8.24. The summed E-state index contributed by atoms with van der Waals surface area (Å²) >= 11 is -1.56. The maximum Gasteiger partial charge on any atom is 0.246 e. The van der Waals surface area contributed by atoms with Crippen molar-refractivity contribution in [2.75, 3.05) is 62.2 Å². The summed E-state index contributed by atoms with van der Waals surface area (Å²) in [6, 6.07) is -12.1. The molecule has 0 aromatic rings. The average Bonchev–Trinajstić information content (AvgIpc) is 0.789. The van der Waals surface area contributed by atoms with Crippen LogP contribution >= 0.6 is 0 Å². The van der Waals surface area contributed by atoms with Crippen molar-refractivity contribution in [1.29, 1.82) is 0 Å². The summed E-state index contributed by atoms with van der Waals surface area (Å²) in [6.07, 6.45) is 1.49. The van der Waals surface area contributed by atoms with Gasteiger partial charge in [-0.2, -0.15) is 0 Å². The minimum Gasteiger partial charge on any atom is -0.411 e. The molecule has 1 fully saturated rings. The molecule has 0 aromatic heterocycles. The molecule has 0 bridgehead atoms. The Morgan fingerprint density at radius 2 is 0.927 bits per heavy atom. The number of likely N-dealkylation sites (N-methyl/N-ethyl adjacent to an activating group) is 7. The maximum absolute atomic E-state index is 15.9. The Kier molecular flexibility index (Phi) is 35.9. The van der Waals surface area contributed by atoms with Crippen LogP contribution in [-0.2, 0) is 72.4 Å². The van der Waals surface area contributed by atoms with Gasteiger partial charge >= 0.3 is 0 Å². The van der Waals surface area contributed by atoms with Crippen LogP contribution in [0.1, 0.15) is 190 Å². The van der Waals surface area contributed by atoms with Crippen LogP contribution in [0.2, 0.25) is 18.1 Å². The van der Waals surface area contributed by atoms with Crippen molar-refractivity contribution in [2.24, 2.45) is 47.3 Å². The highest BCUT2D eigenvalue weighted by Gasteiger charge is 2.50. The molecule has 3 N–H and O–H groups in total. The van der Waals surface area contributed by atoms with Gasteiger partial charge in [0.2, 0.25) is 59.1 Å². The van der Waals surface area contributed by atoms with Crippen molar-refractivity contribution in [2.45, 2.75) is 274 Å². The van der Waals surface area contributed by atoms with Gasteiger partial charge in [0.25, 0.3) is 0 Å². The molecule has 0 aromatic carbocycles. The lowest BCUT2D eigenvalue weighted by Crippen LogP contribution is -2.65. The zero-order valence-corrected chi connectivity index (χ0v) is 66.4. The van der Waals surface area contributed by atoms with Crippen LogP contribution in [0.4, 0.5) is 0 Å². The smallest absolute Gasteiger partial charge is 0.246 e. The number of rotatable bonds is 20. The summed E-state index contributed by atoms with van der Waals surface area (Å²) in [4.78, 5) is 174. The first kappa shape index (κ1) is 88.7. The molecule has 1 saturated heterocycles. The number of ketones is 1. The van der Waals surface area contributed by atoms with Crippen LogP contribution in [0.25, 0.3) is 0 Å². The summed E-state index contributed by atoms with van der Waals surface area (Å²) in [7, 11) is 7.39. The van der Waals surface area contributed by atoms with Crippen LogP contribution in [0.15, 0.2) is 0 Å². The Bertz CT molecular complexity index is 2670. The zero-order valence-electron chi connectivity index (χ0n) is 64.6. The fraction of sp³-hybridized carbons (Fsp3) is 0.843.